The normalized spacial score (nSPS) is 20.3. The number of hydrogen-bond acceptors (Lipinski definition) is 2. The number of amides is 2. The first-order valence-corrected chi connectivity index (χ1v) is 9.16. The van der Waals surface area contributed by atoms with E-state index in [0.717, 1.165) is 25.8 Å². The molecular weight excluding hydrogens is 300 g/mol. The Kier molecular flexibility index (Phi) is 6.67. The molecule has 1 saturated heterocycles. The Balaban J connectivity index is 2.04. The van der Waals surface area contributed by atoms with Crippen molar-refractivity contribution in [2.45, 2.75) is 65.0 Å². The van der Waals surface area contributed by atoms with E-state index in [9.17, 15) is 9.90 Å². The molecule has 1 aliphatic rings. The Morgan fingerprint density at radius 3 is 2.67 bits per heavy atom. The minimum atomic E-state index is -0.354. The quantitative estimate of drug-likeness (QED) is 0.852. The molecule has 1 aromatic rings. The molecule has 2 rings (SSSR count). The third-order valence-corrected chi connectivity index (χ3v) is 4.76. The summed E-state index contributed by atoms with van der Waals surface area (Å²) < 4.78 is 0. The first-order valence-electron chi connectivity index (χ1n) is 9.16. The zero-order valence-corrected chi connectivity index (χ0v) is 15.3. The van der Waals surface area contributed by atoms with E-state index in [-0.39, 0.29) is 23.6 Å². The zero-order valence-electron chi connectivity index (χ0n) is 15.3. The van der Waals surface area contributed by atoms with E-state index in [1.165, 1.54) is 12.0 Å². The predicted molar refractivity (Wildman–Crippen MR) is 97.8 cm³/mol. The van der Waals surface area contributed by atoms with Gasteiger partial charge in [-0.25, -0.2) is 4.79 Å². The minimum Gasteiger partial charge on any atom is -0.393 e. The molecule has 1 heterocycles. The lowest BCUT2D eigenvalue weighted by molar-refractivity contribution is 0.124. The lowest BCUT2D eigenvalue weighted by Crippen LogP contribution is -2.45. The number of carbonyl (C=O) groups is 1. The first kappa shape index (κ1) is 18.8. The van der Waals surface area contributed by atoms with Crippen molar-refractivity contribution in [3.05, 3.63) is 35.9 Å². The lowest BCUT2D eigenvalue weighted by Gasteiger charge is -2.33. The van der Waals surface area contributed by atoms with Crippen molar-refractivity contribution in [2.24, 2.45) is 5.41 Å². The maximum absolute atomic E-state index is 12.8. The summed E-state index contributed by atoms with van der Waals surface area (Å²) in [6.45, 7) is 7.34. The van der Waals surface area contributed by atoms with Crippen LogP contribution in [0.5, 0.6) is 0 Å². The third-order valence-electron chi connectivity index (χ3n) is 4.76. The second-order valence-corrected chi connectivity index (χ2v) is 7.85. The summed E-state index contributed by atoms with van der Waals surface area (Å²) in [5.74, 6) is 0. The van der Waals surface area contributed by atoms with Crippen molar-refractivity contribution in [1.82, 2.24) is 10.2 Å². The highest BCUT2D eigenvalue weighted by molar-refractivity contribution is 5.74. The predicted octanol–water partition coefficient (Wildman–Crippen LogP) is 4.11. The Hall–Kier alpha value is -1.55. The van der Waals surface area contributed by atoms with Crippen LogP contribution in [0.2, 0.25) is 0 Å². The molecule has 1 aliphatic heterocycles. The van der Waals surface area contributed by atoms with Gasteiger partial charge in [-0.1, -0.05) is 57.0 Å². The van der Waals surface area contributed by atoms with Crippen LogP contribution in [-0.4, -0.2) is 35.2 Å². The van der Waals surface area contributed by atoms with Gasteiger partial charge in [-0.3, -0.25) is 0 Å². The van der Waals surface area contributed by atoms with E-state index >= 15 is 0 Å². The number of carbonyl (C=O) groups excluding carboxylic acids is 1. The highest BCUT2D eigenvalue weighted by atomic mass is 16.3. The van der Waals surface area contributed by atoms with Crippen LogP contribution in [0.3, 0.4) is 0 Å². The van der Waals surface area contributed by atoms with Gasteiger partial charge in [0, 0.05) is 13.1 Å². The first-order chi connectivity index (χ1) is 11.4. The molecule has 0 aliphatic carbocycles. The fourth-order valence-corrected chi connectivity index (χ4v) is 3.66. The van der Waals surface area contributed by atoms with Crippen LogP contribution in [0.15, 0.2) is 30.3 Å². The van der Waals surface area contributed by atoms with Crippen molar-refractivity contribution in [1.29, 1.82) is 0 Å². The smallest absolute Gasteiger partial charge is 0.317 e. The molecule has 0 radical (unpaired) electrons. The summed E-state index contributed by atoms with van der Waals surface area (Å²) in [4.78, 5) is 14.8. The highest BCUT2D eigenvalue weighted by Gasteiger charge is 2.28. The van der Waals surface area contributed by atoms with Gasteiger partial charge in [0.15, 0.2) is 0 Å². The largest absolute Gasteiger partial charge is 0.393 e. The Morgan fingerprint density at radius 1 is 1.29 bits per heavy atom. The molecule has 0 saturated carbocycles. The maximum Gasteiger partial charge on any atom is 0.317 e. The van der Waals surface area contributed by atoms with Gasteiger partial charge in [-0.15, -0.1) is 0 Å². The number of aliphatic hydroxyl groups excluding tert-OH is 1. The van der Waals surface area contributed by atoms with Gasteiger partial charge in [-0.05, 0) is 37.2 Å². The molecule has 2 amide bonds. The van der Waals surface area contributed by atoms with Gasteiger partial charge >= 0.3 is 6.03 Å². The number of urea groups is 1. The molecule has 0 bridgehead atoms. The molecule has 1 fully saturated rings. The molecule has 4 heteroatoms. The molecule has 4 nitrogen and oxygen atoms in total. The Morgan fingerprint density at radius 2 is 2.00 bits per heavy atom. The van der Waals surface area contributed by atoms with Gasteiger partial charge in [0.25, 0.3) is 0 Å². The lowest BCUT2D eigenvalue weighted by atomic mass is 9.87. The van der Waals surface area contributed by atoms with Gasteiger partial charge in [0.1, 0.15) is 0 Å². The van der Waals surface area contributed by atoms with Crippen molar-refractivity contribution in [2.75, 3.05) is 13.1 Å². The number of aliphatic hydroxyl groups is 1. The van der Waals surface area contributed by atoms with Crippen molar-refractivity contribution >= 4 is 6.03 Å². The molecule has 2 atom stereocenters. The summed E-state index contributed by atoms with van der Waals surface area (Å²) in [7, 11) is 0. The minimum absolute atomic E-state index is 0.0180. The van der Waals surface area contributed by atoms with Crippen LogP contribution in [0.4, 0.5) is 4.79 Å². The standard InChI is InChI=1S/C20H32N2O2/c1-16(23)14-20(2,3)15-21-19(24)22-13-9-5-8-12-18(22)17-10-6-4-7-11-17/h4,6-7,10-11,16,18,23H,5,8-9,12-15H2,1-3H3,(H,21,24). The SMILES string of the molecule is CC(O)CC(C)(C)CNC(=O)N1CCCCCC1c1ccccc1. The van der Waals surface area contributed by atoms with Crippen LogP contribution in [0.1, 0.15) is 64.5 Å². The number of rotatable bonds is 5. The summed E-state index contributed by atoms with van der Waals surface area (Å²) in [6.07, 6.45) is 4.75. The number of nitrogens with zero attached hydrogens (tertiary/aromatic N) is 1. The Labute approximate surface area is 146 Å². The van der Waals surface area contributed by atoms with E-state index in [2.05, 4.69) is 31.3 Å². The van der Waals surface area contributed by atoms with Crippen molar-refractivity contribution in [3.8, 4) is 0 Å². The van der Waals surface area contributed by atoms with E-state index < -0.39 is 0 Å². The van der Waals surface area contributed by atoms with Crippen LogP contribution in [-0.2, 0) is 0 Å². The van der Waals surface area contributed by atoms with Gasteiger partial charge in [0.2, 0.25) is 0 Å². The zero-order chi connectivity index (χ0) is 17.6. The summed E-state index contributed by atoms with van der Waals surface area (Å²) in [5, 5.41) is 12.7. The number of benzene rings is 1. The molecule has 1 aromatic carbocycles. The molecule has 134 valence electrons. The molecule has 0 spiro atoms. The van der Waals surface area contributed by atoms with Gasteiger partial charge < -0.3 is 15.3 Å². The topological polar surface area (TPSA) is 52.6 Å². The van der Waals surface area contributed by atoms with Crippen LogP contribution >= 0.6 is 0 Å². The van der Waals surface area contributed by atoms with Crippen LogP contribution in [0.25, 0.3) is 0 Å². The van der Waals surface area contributed by atoms with E-state index in [0.29, 0.717) is 13.0 Å². The number of likely N-dealkylation sites (tertiary alicyclic amines) is 1. The second kappa shape index (κ2) is 8.52. The van der Waals surface area contributed by atoms with Crippen LogP contribution in [0, 0.1) is 5.41 Å². The average molecular weight is 332 g/mol. The third kappa shape index (κ3) is 5.52. The fraction of sp³-hybridized carbons (Fsp3) is 0.650. The molecule has 2 N–H and O–H groups in total. The Bertz CT molecular complexity index is 514. The van der Waals surface area contributed by atoms with Crippen LogP contribution < -0.4 is 5.32 Å². The highest BCUT2D eigenvalue weighted by Crippen LogP contribution is 2.30. The number of hydrogen-bond donors (Lipinski definition) is 2. The molecule has 24 heavy (non-hydrogen) atoms. The van der Waals surface area contributed by atoms with Gasteiger partial charge in [-0.2, -0.15) is 0 Å². The van der Waals surface area contributed by atoms with E-state index in [1.54, 1.807) is 6.92 Å². The summed E-state index contributed by atoms with van der Waals surface area (Å²) in [5.41, 5.74) is 1.11. The van der Waals surface area contributed by atoms with E-state index in [1.807, 2.05) is 23.1 Å². The fourth-order valence-electron chi connectivity index (χ4n) is 3.66. The molecule has 0 aromatic heterocycles. The second-order valence-electron chi connectivity index (χ2n) is 7.85. The number of nitrogens with one attached hydrogen (secondary N) is 1. The molecular formula is C20H32N2O2. The average Bonchev–Trinajstić information content (AvgIpc) is 2.78. The maximum atomic E-state index is 12.8. The monoisotopic (exact) mass is 332 g/mol. The summed E-state index contributed by atoms with van der Waals surface area (Å²) >= 11 is 0. The summed E-state index contributed by atoms with van der Waals surface area (Å²) in [6, 6.07) is 10.5. The van der Waals surface area contributed by atoms with Crippen molar-refractivity contribution in [3.63, 3.8) is 0 Å². The molecule has 2 unspecified atom stereocenters. The van der Waals surface area contributed by atoms with E-state index in [4.69, 9.17) is 0 Å². The van der Waals surface area contributed by atoms with Crippen molar-refractivity contribution < 1.29 is 9.90 Å². The van der Waals surface area contributed by atoms with Gasteiger partial charge in [0.05, 0.1) is 12.1 Å².